The third-order valence-corrected chi connectivity index (χ3v) is 3.43. The Balaban J connectivity index is 2.55. The number of halogens is 1. The van der Waals surface area contributed by atoms with E-state index in [2.05, 4.69) is 20.8 Å². The monoisotopic (exact) mass is 272 g/mol. The lowest BCUT2D eigenvalue weighted by atomic mass is 9.82. The van der Waals surface area contributed by atoms with E-state index in [1.54, 1.807) is 12.1 Å². The molecule has 19 heavy (non-hydrogen) atoms. The highest BCUT2D eigenvalue weighted by Gasteiger charge is 2.22. The molecule has 0 bridgehead atoms. The highest BCUT2D eigenvalue weighted by Crippen LogP contribution is 2.28. The van der Waals surface area contributed by atoms with E-state index in [1.165, 1.54) is 0 Å². The number of hydrogen-bond donors (Lipinski definition) is 0. The van der Waals surface area contributed by atoms with Crippen LogP contribution in [0.25, 0.3) is 0 Å². The van der Waals surface area contributed by atoms with Crippen molar-refractivity contribution in [2.24, 2.45) is 0 Å². The Morgan fingerprint density at radius 1 is 0.895 bits per heavy atom. The van der Waals surface area contributed by atoms with E-state index in [0.29, 0.717) is 10.6 Å². The van der Waals surface area contributed by atoms with Gasteiger partial charge in [0.1, 0.15) is 0 Å². The summed E-state index contributed by atoms with van der Waals surface area (Å²) in [5, 5.41) is 0.496. The number of benzene rings is 2. The Morgan fingerprint density at radius 2 is 1.42 bits per heavy atom. The lowest BCUT2D eigenvalue weighted by Gasteiger charge is -2.22. The van der Waals surface area contributed by atoms with Crippen LogP contribution in [0.2, 0.25) is 5.02 Å². The van der Waals surface area contributed by atoms with Crippen molar-refractivity contribution >= 4 is 17.4 Å². The Labute approximate surface area is 119 Å². The van der Waals surface area contributed by atoms with Gasteiger partial charge in [0.25, 0.3) is 0 Å². The van der Waals surface area contributed by atoms with Crippen molar-refractivity contribution in [2.45, 2.75) is 26.2 Å². The maximum atomic E-state index is 12.7. The first kappa shape index (κ1) is 13.8. The van der Waals surface area contributed by atoms with E-state index in [0.717, 1.165) is 11.1 Å². The maximum Gasteiger partial charge on any atom is 0.194 e. The second-order valence-electron chi connectivity index (χ2n) is 5.60. The molecule has 0 amide bonds. The number of rotatable bonds is 2. The van der Waals surface area contributed by atoms with Gasteiger partial charge in [0, 0.05) is 11.1 Å². The van der Waals surface area contributed by atoms with Gasteiger partial charge in [0.15, 0.2) is 5.78 Å². The lowest BCUT2D eigenvalue weighted by Crippen LogP contribution is -2.17. The summed E-state index contributed by atoms with van der Waals surface area (Å²) in [5.41, 5.74) is 2.25. The molecule has 0 aliphatic rings. The Bertz CT molecular complexity index is 609. The van der Waals surface area contributed by atoms with Gasteiger partial charge in [-0.25, -0.2) is 0 Å². The summed E-state index contributed by atoms with van der Waals surface area (Å²) in [4.78, 5) is 12.7. The number of carbonyl (C=O) groups is 1. The minimum atomic E-state index is -0.0759. The molecule has 2 aromatic carbocycles. The van der Waals surface area contributed by atoms with Crippen LogP contribution in [0.4, 0.5) is 0 Å². The average Bonchev–Trinajstić information content (AvgIpc) is 2.37. The first-order chi connectivity index (χ1) is 8.91. The molecule has 0 saturated heterocycles. The molecular weight excluding hydrogens is 256 g/mol. The van der Waals surface area contributed by atoms with Crippen LogP contribution in [0, 0.1) is 0 Å². The molecule has 0 unspecified atom stereocenters. The second kappa shape index (κ2) is 5.18. The number of ketones is 1. The first-order valence-electron chi connectivity index (χ1n) is 6.30. The summed E-state index contributed by atoms with van der Waals surface area (Å²) in [7, 11) is 0. The highest BCUT2D eigenvalue weighted by molar-refractivity contribution is 6.35. The minimum absolute atomic E-state index is 0.0175. The number of hydrogen-bond acceptors (Lipinski definition) is 1. The standard InChI is InChI=1S/C17H17ClO/c1-17(2,3)14-10-6-4-8-12(14)16(19)13-9-5-7-11-15(13)18/h4-11H,1-3H3. The lowest BCUT2D eigenvalue weighted by molar-refractivity contribution is 0.103. The molecular formula is C17H17ClO. The van der Waals surface area contributed by atoms with E-state index >= 15 is 0 Å². The van der Waals surface area contributed by atoms with Crippen LogP contribution < -0.4 is 0 Å². The topological polar surface area (TPSA) is 17.1 Å². The minimum Gasteiger partial charge on any atom is -0.289 e. The van der Waals surface area contributed by atoms with E-state index in [-0.39, 0.29) is 11.2 Å². The molecule has 0 heterocycles. The maximum absolute atomic E-state index is 12.7. The fourth-order valence-corrected chi connectivity index (χ4v) is 2.35. The SMILES string of the molecule is CC(C)(C)c1ccccc1C(=O)c1ccccc1Cl. The van der Waals surface area contributed by atoms with Gasteiger partial charge in [-0.15, -0.1) is 0 Å². The van der Waals surface area contributed by atoms with Gasteiger partial charge in [0.2, 0.25) is 0 Å². The van der Waals surface area contributed by atoms with Crippen molar-refractivity contribution in [3.8, 4) is 0 Å². The first-order valence-corrected chi connectivity index (χ1v) is 6.68. The fraction of sp³-hybridized carbons (Fsp3) is 0.235. The van der Waals surface area contributed by atoms with Crippen LogP contribution >= 0.6 is 11.6 Å². The summed E-state index contributed by atoms with van der Waals surface area (Å²) >= 11 is 6.11. The van der Waals surface area contributed by atoms with Gasteiger partial charge < -0.3 is 0 Å². The van der Waals surface area contributed by atoms with Gasteiger partial charge in [-0.1, -0.05) is 68.8 Å². The molecule has 98 valence electrons. The van der Waals surface area contributed by atoms with E-state index in [1.807, 2.05) is 36.4 Å². The summed E-state index contributed by atoms with van der Waals surface area (Å²) in [6.07, 6.45) is 0. The van der Waals surface area contributed by atoms with Crippen LogP contribution in [0.3, 0.4) is 0 Å². The van der Waals surface area contributed by atoms with Crippen LogP contribution in [-0.4, -0.2) is 5.78 Å². The van der Waals surface area contributed by atoms with Crippen LogP contribution in [0.1, 0.15) is 42.3 Å². The van der Waals surface area contributed by atoms with Gasteiger partial charge in [-0.3, -0.25) is 4.79 Å². The van der Waals surface area contributed by atoms with Crippen LogP contribution in [0.15, 0.2) is 48.5 Å². The number of carbonyl (C=O) groups excluding carboxylic acids is 1. The predicted octanol–water partition coefficient (Wildman–Crippen LogP) is 4.87. The van der Waals surface area contributed by atoms with E-state index in [9.17, 15) is 4.79 Å². The molecule has 2 aromatic rings. The Kier molecular flexibility index (Phi) is 3.77. The highest BCUT2D eigenvalue weighted by atomic mass is 35.5. The fourth-order valence-electron chi connectivity index (χ4n) is 2.13. The van der Waals surface area contributed by atoms with Crippen molar-refractivity contribution < 1.29 is 4.79 Å². The Hall–Kier alpha value is -1.60. The zero-order valence-electron chi connectivity index (χ0n) is 11.4. The summed E-state index contributed by atoms with van der Waals surface area (Å²) in [5.74, 6) is -0.0175. The van der Waals surface area contributed by atoms with Gasteiger partial charge in [0.05, 0.1) is 5.02 Å². The summed E-state index contributed by atoms with van der Waals surface area (Å²) < 4.78 is 0. The molecule has 0 aliphatic heterocycles. The molecule has 1 nitrogen and oxygen atoms in total. The molecule has 0 aromatic heterocycles. The Morgan fingerprint density at radius 3 is 2.00 bits per heavy atom. The zero-order valence-corrected chi connectivity index (χ0v) is 12.2. The third-order valence-electron chi connectivity index (χ3n) is 3.10. The predicted molar refractivity (Wildman–Crippen MR) is 80.0 cm³/mol. The van der Waals surface area contributed by atoms with Crippen molar-refractivity contribution in [1.82, 2.24) is 0 Å². The van der Waals surface area contributed by atoms with Gasteiger partial charge >= 0.3 is 0 Å². The average molecular weight is 273 g/mol. The molecule has 2 heteroatoms. The molecule has 2 rings (SSSR count). The van der Waals surface area contributed by atoms with Gasteiger partial charge in [-0.05, 0) is 23.1 Å². The molecule has 0 N–H and O–H groups in total. The van der Waals surface area contributed by atoms with E-state index in [4.69, 9.17) is 11.6 Å². The van der Waals surface area contributed by atoms with Crippen molar-refractivity contribution in [3.63, 3.8) is 0 Å². The molecule has 0 saturated carbocycles. The van der Waals surface area contributed by atoms with Crippen LogP contribution in [-0.2, 0) is 5.41 Å². The summed E-state index contributed by atoms with van der Waals surface area (Å²) in [6, 6.07) is 14.9. The van der Waals surface area contributed by atoms with Crippen molar-refractivity contribution in [2.75, 3.05) is 0 Å². The van der Waals surface area contributed by atoms with Crippen molar-refractivity contribution in [3.05, 3.63) is 70.2 Å². The third kappa shape index (κ3) is 2.87. The van der Waals surface area contributed by atoms with Crippen LogP contribution in [0.5, 0.6) is 0 Å². The molecule has 0 aliphatic carbocycles. The normalized spacial score (nSPS) is 11.4. The van der Waals surface area contributed by atoms with Crippen molar-refractivity contribution in [1.29, 1.82) is 0 Å². The second-order valence-corrected chi connectivity index (χ2v) is 6.01. The molecule has 0 radical (unpaired) electrons. The van der Waals surface area contributed by atoms with Gasteiger partial charge in [-0.2, -0.15) is 0 Å². The zero-order chi connectivity index (χ0) is 14.0. The molecule has 0 atom stereocenters. The quantitative estimate of drug-likeness (QED) is 0.713. The largest absolute Gasteiger partial charge is 0.289 e. The summed E-state index contributed by atoms with van der Waals surface area (Å²) in [6.45, 7) is 6.31. The molecule has 0 spiro atoms. The smallest absolute Gasteiger partial charge is 0.194 e. The van der Waals surface area contributed by atoms with E-state index < -0.39 is 0 Å². The molecule has 0 fully saturated rings.